The highest BCUT2D eigenvalue weighted by Gasteiger charge is 2.22. The Balaban J connectivity index is 3.46. The van der Waals surface area contributed by atoms with Crippen molar-refractivity contribution in [2.24, 2.45) is 0 Å². The predicted molar refractivity (Wildman–Crippen MR) is 130 cm³/mol. The number of rotatable bonds is 21. The Morgan fingerprint density at radius 1 is 0.839 bits per heavy atom. The summed E-state index contributed by atoms with van der Waals surface area (Å²) in [4.78, 5) is 11.9. The van der Waals surface area contributed by atoms with Crippen LogP contribution in [0.2, 0.25) is 0 Å². The minimum Gasteiger partial charge on any atom is -0.356 e. The second kappa shape index (κ2) is 18.6. The summed E-state index contributed by atoms with van der Waals surface area (Å²) in [7, 11) is -0.485. The van der Waals surface area contributed by atoms with Gasteiger partial charge in [0.2, 0.25) is 11.8 Å². The van der Waals surface area contributed by atoms with E-state index in [1.54, 1.807) is 14.1 Å². The van der Waals surface area contributed by atoms with Crippen LogP contribution in [0, 0.1) is 0 Å². The van der Waals surface area contributed by atoms with Crippen molar-refractivity contribution < 1.29 is 22.2 Å². The molecule has 0 aromatic rings. The average Bonchev–Trinajstić information content (AvgIpc) is 2.66. The Labute approximate surface area is 192 Å². The molecule has 0 rings (SSSR count). The lowest BCUT2D eigenvalue weighted by molar-refractivity contribution is -0.878. The fourth-order valence-electron chi connectivity index (χ4n) is 3.69. The largest absolute Gasteiger partial charge is 0.356 e. The molecule has 31 heavy (non-hydrogen) atoms. The summed E-state index contributed by atoms with van der Waals surface area (Å²) < 4.78 is 31.1. The van der Waals surface area contributed by atoms with Gasteiger partial charge in [-0.15, -0.1) is 0 Å². The number of nitrogens with zero attached hydrogens (tertiary/aromatic N) is 1. The van der Waals surface area contributed by atoms with E-state index in [9.17, 15) is 13.2 Å². The number of hydrogen-bond donors (Lipinski definition) is 2. The number of carbonyl (C=O) groups is 1. The van der Waals surface area contributed by atoms with Crippen molar-refractivity contribution in [3.8, 4) is 0 Å². The van der Waals surface area contributed by atoms with E-state index in [-0.39, 0.29) is 16.3 Å². The maximum absolute atomic E-state index is 11.9. The summed E-state index contributed by atoms with van der Waals surface area (Å²) >= 11 is 0. The molecule has 1 amide bonds. The van der Waals surface area contributed by atoms with E-state index in [4.69, 9.17) is 4.55 Å². The molecule has 0 saturated carbocycles. The van der Waals surface area contributed by atoms with Gasteiger partial charge in [-0.25, -0.2) is 0 Å². The molecule has 0 saturated heterocycles. The van der Waals surface area contributed by atoms with E-state index in [1.807, 2.05) is 0 Å². The van der Waals surface area contributed by atoms with E-state index in [2.05, 4.69) is 24.4 Å². The molecule has 0 spiro atoms. The van der Waals surface area contributed by atoms with Gasteiger partial charge in [0.05, 0.1) is 20.6 Å². The minimum absolute atomic E-state index is 0.0673. The van der Waals surface area contributed by atoms with Crippen LogP contribution < -0.4 is 5.32 Å². The molecule has 0 unspecified atom stereocenters. The highest BCUT2D eigenvalue weighted by molar-refractivity contribution is 7.85. The Hall–Kier alpha value is -0.920. The summed E-state index contributed by atoms with van der Waals surface area (Å²) in [6.07, 6.45) is 22.1. The molecule has 0 aromatic heterocycles. The lowest BCUT2D eigenvalue weighted by Gasteiger charge is -2.27. The highest BCUT2D eigenvalue weighted by Crippen LogP contribution is 2.10. The molecule has 0 aromatic carbocycles. The molecule has 0 fully saturated rings. The molecule has 184 valence electrons. The van der Waals surface area contributed by atoms with Gasteiger partial charge in [-0.1, -0.05) is 70.4 Å². The zero-order valence-electron chi connectivity index (χ0n) is 20.4. The fourth-order valence-corrected chi connectivity index (χ4v) is 4.70. The van der Waals surface area contributed by atoms with Crippen molar-refractivity contribution >= 4 is 16.0 Å². The SMILES string of the molecule is CCCCCCCC/C=C\CCCCCCCC(=O)NCCC[N+](C)(C)CS(=O)(=O)O. The molecule has 0 heterocycles. The van der Waals surface area contributed by atoms with Crippen LogP contribution in [0.3, 0.4) is 0 Å². The first-order chi connectivity index (χ1) is 14.7. The van der Waals surface area contributed by atoms with Gasteiger partial charge in [-0.3, -0.25) is 9.35 Å². The number of allylic oxidation sites excluding steroid dienone is 2. The first-order valence-electron chi connectivity index (χ1n) is 12.3. The summed E-state index contributed by atoms with van der Waals surface area (Å²) in [5.74, 6) is -0.242. The molecule has 0 radical (unpaired) electrons. The Morgan fingerprint density at radius 3 is 1.90 bits per heavy atom. The van der Waals surface area contributed by atoms with Crippen molar-refractivity contribution in [3.63, 3.8) is 0 Å². The quantitative estimate of drug-likeness (QED) is 0.103. The van der Waals surface area contributed by atoms with Gasteiger partial charge in [-0.2, -0.15) is 8.42 Å². The number of unbranched alkanes of at least 4 members (excludes halogenated alkanes) is 11. The topological polar surface area (TPSA) is 83.5 Å². The molecule has 7 heteroatoms. The number of quaternary nitrogens is 1. The third-order valence-corrected chi connectivity index (χ3v) is 6.47. The molecule has 6 nitrogen and oxygen atoms in total. The van der Waals surface area contributed by atoms with Gasteiger partial charge >= 0.3 is 10.1 Å². The second-order valence-electron chi connectivity index (χ2n) is 9.41. The summed E-state index contributed by atoms with van der Waals surface area (Å²) in [6, 6.07) is 0. The fraction of sp³-hybridized carbons (Fsp3) is 0.875. The molecular weight excluding hydrogens is 412 g/mol. The van der Waals surface area contributed by atoms with E-state index >= 15 is 0 Å². The van der Waals surface area contributed by atoms with Crippen molar-refractivity contribution in [1.29, 1.82) is 0 Å². The average molecular weight is 462 g/mol. The Kier molecular flexibility index (Phi) is 18.1. The summed E-state index contributed by atoms with van der Waals surface area (Å²) in [5, 5.41) is 2.90. The maximum Gasteiger partial charge on any atom is 0.316 e. The lowest BCUT2D eigenvalue weighted by Crippen LogP contribution is -2.45. The first-order valence-corrected chi connectivity index (χ1v) is 14.0. The maximum atomic E-state index is 11.9. The molecule has 0 aliphatic heterocycles. The van der Waals surface area contributed by atoms with Crippen molar-refractivity contribution in [2.75, 3.05) is 33.1 Å². The number of amides is 1. The minimum atomic E-state index is -3.99. The lowest BCUT2D eigenvalue weighted by atomic mass is 10.1. The van der Waals surface area contributed by atoms with Crippen LogP contribution in [-0.2, 0) is 14.9 Å². The number of carbonyl (C=O) groups excluding carboxylic acids is 1. The molecule has 0 atom stereocenters. The summed E-state index contributed by atoms with van der Waals surface area (Å²) in [6.45, 7) is 3.37. The van der Waals surface area contributed by atoms with Gasteiger partial charge in [0.25, 0.3) is 0 Å². The number of nitrogens with one attached hydrogen (secondary N) is 1. The van der Waals surface area contributed by atoms with Gasteiger partial charge in [0.1, 0.15) is 0 Å². The van der Waals surface area contributed by atoms with Crippen LogP contribution in [0.1, 0.15) is 103 Å². The third kappa shape index (κ3) is 23.6. The third-order valence-electron chi connectivity index (χ3n) is 5.44. The standard InChI is InChI=1S/C24H48N2O4S/c1-4-5-6-7-8-9-10-11-12-13-14-15-16-17-18-20-24(27)25-21-19-22-26(2,3)23-31(28,29)30/h11-12H,4-10,13-23H2,1-3H3,(H-,25,27,28,29,30)/p+1/b12-11-. The molecule has 0 aliphatic rings. The van der Waals surface area contributed by atoms with Gasteiger partial charge in [-0.05, 0) is 32.1 Å². The van der Waals surface area contributed by atoms with E-state index in [0.29, 0.717) is 25.9 Å². The van der Waals surface area contributed by atoms with Crippen LogP contribution >= 0.6 is 0 Å². The zero-order chi connectivity index (χ0) is 23.4. The normalized spacial score (nSPS) is 12.5. The van der Waals surface area contributed by atoms with Crippen LogP contribution in [0.4, 0.5) is 0 Å². The molecule has 0 aliphatic carbocycles. The smallest absolute Gasteiger partial charge is 0.316 e. The highest BCUT2D eigenvalue weighted by atomic mass is 32.2. The predicted octanol–water partition coefficient (Wildman–Crippen LogP) is 5.45. The van der Waals surface area contributed by atoms with E-state index < -0.39 is 10.1 Å². The van der Waals surface area contributed by atoms with Crippen LogP contribution in [0.25, 0.3) is 0 Å². The zero-order valence-corrected chi connectivity index (χ0v) is 21.2. The Morgan fingerprint density at radius 2 is 1.35 bits per heavy atom. The van der Waals surface area contributed by atoms with Crippen LogP contribution in [0.5, 0.6) is 0 Å². The molecule has 2 N–H and O–H groups in total. The molecule has 0 bridgehead atoms. The van der Waals surface area contributed by atoms with Crippen LogP contribution in [0.15, 0.2) is 12.2 Å². The summed E-state index contributed by atoms with van der Waals surface area (Å²) in [5.41, 5.74) is 0. The van der Waals surface area contributed by atoms with Gasteiger partial charge in [0, 0.05) is 19.4 Å². The van der Waals surface area contributed by atoms with Crippen molar-refractivity contribution in [1.82, 2.24) is 5.32 Å². The second-order valence-corrected chi connectivity index (χ2v) is 10.8. The Bertz CT molecular complexity index is 574. The van der Waals surface area contributed by atoms with Gasteiger partial charge < -0.3 is 9.80 Å². The van der Waals surface area contributed by atoms with Gasteiger partial charge in [0.15, 0.2) is 0 Å². The monoisotopic (exact) mass is 461 g/mol. The van der Waals surface area contributed by atoms with E-state index in [0.717, 1.165) is 12.8 Å². The van der Waals surface area contributed by atoms with Crippen molar-refractivity contribution in [2.45, 2.75) is 103 Å². The molecular formula is C24H49N2O4S+. The first kappa shape index (κ1) is 30.1. The number of hydrogen-bond acceptors (Lipinski definition) is 3. The van der Waals surface area contributed by atoms with E-state index in [1.165, 1.54) is 70.6 Å². The van der Waals surface area contributed by atoms with Crippen LogP contribution in [-0.4, -0.2) is 56.4 Å². The van der Waals surface area contributed by atoms with Crippen molar-refractivity contribution in [3.05, 3.63) is 12.2 Å².